The molecule has 2 aromatic carbocycles. The monoisotopic (exact) mass is 392 g/mol. The molecule has 0 aromatic heterocycles. The van der Waals surface area contributed by atoms with Crippen LogP contribution in [0, 0.1) is 23.1 Å². The van der Waals surface area contributed by atoms with Gasteiger partial charge < -0.3 is 10.1 Å². The van der Waals surface area contributed by atoms with Crippen LogP contribution >= 0.6 is 0 Å². The van der Waals surface area contributed by atoms with Gasteiger partial charge in [-0.1, -0.05) is 44.0 Å². The SMILES string of the molecule is C[C@H]1CCCC[C@@H]1NC(=O)/C(C#N)=C/c1ccc(OCc2ccc(F)cc2)cc1. The van der Waals surface area contributed by atoms with Gasteiger partial charge in [0.05, 0.1) is 0 Å². The van der Waals surface area contributed by atoms with Crippen LogP contribution in [0.4, 0.5) is 4.39 Å². The predicted molar refractivity (Wildman–Crippen MR) is 110 cm³/mol. The first kappa shape index (κ1) is 20.6. The van der Waals surface area contributed by atoms with Crippen molar-refractivity contribution in [3.05, 3.63) is 71.0 Å². The minimum absolute atomic E-state index is 0.0998. The van der Waals surface area contributed by atoms with Crippen LogP contribution in [0.15, 0.2) is 54.1 Å². The summed E-state index contributed by atoms with van der Waals surface area (Å²) in [5.74, 6) is 0.499. The highest BCUT2D eigenvalue weighted by Gasteiger charge is 2.24. The van der Waals surface area contributed by atoms with Crippen molar-refractivity contribution in [1.82, 2.24) is 5.32 Å². The summed E-state index contributed by atoms with van der Waals surface area (Å²) < 4.78 is 18.6. The van der Waals surface area contributed by atoms with Gasteiger partial charge in [-0.3, -0.25) is 4.79 Å². The van der Waals surface area contributed by atoms with E-state index in [1.54, 1.807) is 42.5 Å². The lowest BCUT2D eigenvalue weighted by molar-refractivity contribution is -0.118. The number of carbonyl (C=O) groups excluding carboxylic acids is 1. The Balaban J connectivity index is 1.59. The standard InChI is InChI=1S/C24H25FN2O2/c1-17-4-2-3-5-23(17)27-24(28)20(15-26)14-18-8-12-22(13-9-18)29-16-19-6-10-21(25)11-7-19/h6-14,17,23H,2-5,16H2,1H3,(H,27,28)/b20-14+/t17-,23-/m0/s1. The van der Waals surface area contributed by atoms with Crippen LogP contribution in [0.1, 0.15) is 43.7 Å². The van der Waals surface area contributed by atoms with Gasteiger partial charge in [-0.15, -0.1) is 0 Å². The number of nitrogens with zero attached hydrogens (tertiary/aromatic N) is 1. The number of rotatable bonds is 6. The first-order valence-corrected chi connectivity index (χ1v) is 9.95. The zero-order chi connectivity index (χ0) is 20.6. The second-order valence-corrected chi connectivity index (χ2v) is 7.50. The molecule has 29 heavy (non-hydrogen) atoms. The second kappa shape index (κ2) is 9.88. The molecule has 2 atom stereocenters. The van der Waals surface area contributed by atoms with Crippen molar-refractivity contribution in [1.29, 1.82) is 5.26 Å². The molecule has 1 saturated carbocycles. The third-order valence-corrected chi connectivity index (χ3v) is 5.30. The normalized spacial score (nSPS) is 19.3. The van der Waals surface area contributed by atoms with Crippen LogP contribution in [0.5, 0.6) is 5.75 Å². The predicted octanol–water partition coefficient (Wildman–Crippen LogP) is 5.01. The van der Waals surface area contributed by atoms with Crippen LogP contribution in [-0.4, -0.2) is 11.9 Å². The van der Waals surface area contributed by atoms with Gasteiger partial charge in [0.25, 0.3) is 5.91 Å². The number of benzene rings is 2. The van der Waals surface area contributed by atoms with E-state index in [4.69, 9.17) is 4.74 Å². The summed E-state index contributed by atoms with van der Waals surface area (Å²) in [6, 6.07) is 15.5. The molecular weight excluding hydrogens is 367 g/mol. The molecule has 0 saturated heterocycles. The molecule has 0 aliphatic heterocycles. The zero-order valence-electron chi connectivity index (χ0n) is 16.5. The molecule has 0 bridgehead atoms. The summed E-state index contributed by atoms with van der Waals surface area (Å²) in [5, 5.41) is 12.4. The molecule has 1 fully saturated rings. The van der Waals surface area contributed by atoms with E-state index in [-0.39, 0.29) is 23.3 Å². The van der Waals surface area contributed by atoms with Gasteiger partial charge in [0, 0.05) is 6.04 Å². The fourth-order valence-corrected chi connectivity index (χ4v) is 3.50. The van der Waals surface area contributed by atoms with Crippen molar-refractivity contribution in [2.24, 2.45) is 5.92 Å². The van der Waals surface area contributed by atoms with Gasteiger partial charge in [0.2, 0.25) is 0 Å². The number of nitriles is 1. The highest BCUT2D eigenvalue weighted by Crippen LogP contribution is 2.24. The third kappa shape index (κ3) is 5.92. The van der Waals surface area contributed by atoms with Crippen molar-refractivity contribution in [3.8, 4) is 11.8 Å². The Hall–Kier alpha value is -3.13. The minimum Gasteiger partial charge on any atom is -0.489 e. The van der Waals surface area contributed by atoms with Crippen molar-refractivity contribution in [3.63, 3.8) is 0 Å². The molecule has 1 aliphatic rings. The molecule has 150 valence electrons. The van der Waals surface area contributed by atoms with E-state index >= 15 is 0 Å². The molecule has 1 aliphatic carbocycles. The van der Waals surface area contributed by atoms with E-state index in [0.717, 1.165) is 30.4 Å². The largest absolute Gasteiger partial charge is 0.489 e. The van der Waals surface area contributed by atoms with E-state index in [1.165, 1.54) is 18.6 Å². The quantitative estimate of drug-likeness (QED) is 0.555. The van der Waals surface area contributed by atoms with Crippen LogP contribution in [0.2, 0.25) is 0 Å². The Morgan fingerprint density at radius 1 is 1.17 bits per heavy atom. The maximum absolute atomic E-state index is 12.9. The zero-order valence-corrected chi connectivity index (χ0v) is 16.5. The Morgan fingerprint density at radius 3 is 2.52 bits per heavy atom. The summed E-state index contributed by atoms with van der Waals surface area (Å²) in [6.45, 7) is 2.48. The lowest BCUT2D eigenvalue weighted by atomic mass is 9.86. The van der Waals surface area contributed by atoms with Crippen LogP contribution in [-0.2, 0) is 11.4 Å². The summed E-state index contributed by atoms with van der Waals surface area (Å²) in [4.78, 5) is 12.5. The lowest BCUT2D eigenvalue weighted by Gasteiger charge is -2.29. The Kier molecular flexibility index (Phi) is 7.02. The summed E-state index contributed by atoms with van der Waals surface area (Å²) in [7, 11) is 0. The molecule has 4 nitrogen and oxygen atoms in total. The summed E-state index contributed by atoms with van der Waals surface area (Å²) in [6.07, 6.45) is 5.97. The van der Waals surface area contributed by atoms with Gasteiger partial charge in [-0.25, -0.2) is 4.39 Å². The number of nitrogens with one attached hydrogen (secondary N) is 1. The Morgan fingerprint density at radius 2 is 1.86 bits per heavy atom. The molecule has 0 radical (unpaired) electrons. The van der Waals surface area contributed by atoms with Gasteiger partial charge in [-0.05, 0) is 60.2 Å². The lowest BCUT2D eigenvalue weighted by Crippen LogP contribution is -2.41. The number of hydrogen-bond acceptors (Lipinski definition) is 3. The van der Waals surface area contributed by atoms with Gasteiger partial charge >= 0.3 is 0 Å². The second-order valence-electron chi connectivity index (χ2n) is 7.50. The van der Waals surface area contributed by atoms with E-state index in [2.05, 4.69) is 12.2 Å². The molecule has 2 aromatic rings. The number of hydrogen-bond donors (Lipinski definition) is 1. The highest BCUT2D eigenvalue weighted by atomic mass is 19.1. The van der Waals surface area contributed by atoms with Crippen molar-refractivity contribution in [2.75, 3.05) is 0 Å². The summed E-state index contributed by atoms with van der Waals surface area (Å²) >= 11 is 0. The smallest absolute Gasteiger partial charge is 0.262 e. The topological polar surface area (TPSA) is 62.1 Å². The molecule has 1 N–H and O–H groups in total. The van der Waals surface area contributed by atoms with E-state index in [0.29, 0.717) is 18.3 Å². The highest BCUT2D eigenvalue weighted by molar-refractivity contribution is 6.01. The van der Waals surface area contributed by atoms with Crippen LogP contribution in [0.25, 0.3) is 6.08 Å². The average molecular weight is 392 g/mol. The fourth-order valence-electron chi connectivity index (χ4n) is 3.50. The maximum Gasteiger partial charge on any atom is 0.262 e. The van der Waals surface area contributed by atoms with E-state index in [1.807, 2.05) is 6.07 Å². The maximum atomic E-state index is 12.9. The molecule has 0 spiro atoms. The van der Waals surface area contributed by atoms with Crippen molar-refractivity contribution >= 4 is 12.0 Å². The Bertz CT molecular complexity index is 898. The first-order valence-electron chi connectivity index (χ1n) is 9.95. The molecule has 5 heteroatoms. The molecule has 3 rings (SSSR count). The van der Waals surface area contributed by atoms with Crippen molar-refractivity contribution in [2.45, 2.75) is 45.3 Å². The molecule has 0 unspecified atom stereocenters. The fraction of sp³-hybridized carbons (Fsp3) is 0.333. The average Bonchev–Trinajstić information content (AvgIpc) is 2.74. The van der Waals surface area contributed by atoms with Gasteiger partial charge in [-0.2, -0.15) is 5.26 Å². The van der Waals surface area contributed by atoms with Gasteiger partial charge in [0.15, 0.2) is 0 Å². The summed E-state index contributed by atoms with van der Waals surface area (Å²) in [5.41, 5.74) is 1.72. The Labute approximate surface area is 171 Å². The third-order valence-electron chi connectivity index (χ3n) is 5.30. The number of ether oxygens (including phenoxy) is 1. The van der Waals surface area contributed by atoms with Gasteiger partial charge in [0.1, 0.15) is 29.8 Å². The minimum atomic E-state index is -0.317. The van der Waals surface area contributed by atoms with Crippen LogP contribution < -0.4 is 10.1 Å². The first-order chi connectivity index (χ1) is 14.0. The van der Waals surface area contributed by atoms with Crippen molar-refractivity contribution < 1.29 is 13.9 Å². The molecule has 0 heterocycles. The number of amides is 1. The number of halogens is 1. The number of carbonyl (C=O) groups is 1. The molecule has 1 amide bonds. The molecular formula is C24H25FN2O2. The van der Waals surface area contributed by atoms with E-state index < -0.39 is 0 Å². The van der Waals surface area contributed by atoms with E-state index in [9.17, 15) is 14.4 Å². The van der Waals surface area contributed by atoms with Crippen LogP contribution in [0.3, 0.4) is 0 Å².